The molecule has 1 aromatic carbocycles. The maximum absolute atomic E-state index is 12.9. The summed E-state index contributed by atoms with van der Waals surface area (Å²) >= 11 is 6.02. The Bertz CT molecular complexity index is 1010. The van der Waals surface area contributed by atoms with Crippen molar-refractivity contribution >= 4 is 27.5 Å². The number of nitriles is 1. The number of amides is 1. The van der Waals surface area contributed by atoms with Crippen molar-refractivity contribution in [1.29, 1.82) is 5.26 Å². The van der Waals surface area contributed by atoms with Crippen molar-refractivity contribution in [3.05, 3.63) is 23.2 Å². The third-order valence-electron chi connectivity index (χ3n) is 5.03. The van der Waals surface area contributed by atoms with E-state index >= 15 is 0 Å². The van der Waals surface area contributed by atoms with Crippen LogP contribution in [0.5, 0.6) is 5.75 Å². The van der Waals surface area contributed by atoms with E-state index in [-0.39, 0.29) is 28.6 Å². The van der Waals surface area contributed by atoms with Crippen LogP contribution in [0, 0.1) is 11.3 Å². The van der Waals surface area contributed by atoms with Gasteiger partial charge in [-0.1, -0.05) is 11.6 Å². The zero-order chi connectivity index (χ0) is 23.0. The van der Waals surface area contributed by atoms with Gasteiger partial charge in [0.1, 0.15) is 11.3 Å². The summed E-state index contributed by atoms with van der Waals surface area (Å²) in [7, 11) is -3.98. The number of nitrogens with one attached hydrogen (secondary N) is 2. The lowest BCUT2D eigenvalue weighted by Crippen LogP contribution is -2.40. The van der Waals surface area contributed by atoms with Gasteiger partial charge in [0.05, 0.1) is 21.2 Å². The number of benzene rings is 1. The number of hydrogen-bond donors (Lipinski definition) is 2. The van der Waals surface area contributed by atoms with Crippen LogP contribution in [0.2, 0.25) is 5.02 Å². The van der Waals surface area contributed by atoms with E-state index in [2.05, 4.69) is 10.6 Å². The number of carbonyl (C=O) groups is 1. The molecule has 170 valence electrons. The van der Waals surface area contributed by atoms with Gasteiger partial charge in [0.15, 0.2) is 22.2 Å². The van der Waals surface area contributed by atoms with Gasteiger partial charge in [0, 0.05) is 19.0 Å². The molecule has 0 spiro atoms. The smallest absolute Gasteiger partial charge is 0.425 e. The molecule has 2 fully saturated rings. The highest BCUT2D eigenvalue weighted by Gasteiger charge is 2.46. The molecule has 13 heteroatoms. The second-order valence-electron chi connectivity index (χ2n) is 7.42. The standard InChI is InChI=1S/C18H19ClF3N3O5S/c1-10(18(20,21)22)29-11-2-3-14(13(19)6-11)31(27,28)12-7-15(24-8-12)30-16(26)25-17(9-23)4-5-17/h2-3,6,10,12,15,24H,4-5,7-8H2,1H3,(H,25,26)/t10?,12-,15+/m1/s1. The molecule has 2 N–H and O–H groups in total. The fourth-order valence-electron chi connectivity index (χ4n) is 2.97. The van der Waals surface area contributed by atoms with Crippen molar-refractivity contribution in [1.82, 2.24) is 10.6 Å². The van der Waals surface area contributed by atoms with Crippen LogP contribution in [0.15, 0.2) is 23.1 Å². The van der Waals surface area contributed by atoms with Gasteiger partial charge >= 0.3 is 12.3 Å². The van der Waals surface area contributed by atoms with Crippen LogP contribution in [-0.2, 0) is 14.6 Å². The van der Waals surface area contributed by atoms with Crippen molar-refractivity contribution in [2.24, 2.45) is 0 Å². The molecule has 1 aliphatic heterocycles. The SMILES string of the molecule is CC(Oc1ccc(S(=O)(=O)[C@H]2CN[C@@H](OC(=O)NC3(C#N)CC3)C2)c(Cl)c1)C(F)(F)F. The van der Waals surface area contributed by atoms with Crippen LogP contribution < -0.4 is 15.4 Å². The van der Waals surface area contributed by atoms with Crippen LogP contribution in [-0.4, -0.2) is 50.4 Å². The highest BCUT2D eigenvalue weighted by atomic mass is 35.5. The van der Waals surface area contributed by atoms with E-state index in [9.17, 15) is 26.4 Å². The second-order valence-corrected chi connectivity index (χ2v) is 10.0. The second kappa shape index (κ2) is 8.37. The van der Waals surface area contributed by atoms with Gasteiger partial charge in [-0.3, -0.25) is 5.32 Å². The Labute approximate surface area is 181 Å². The van der Waals surface area contributed by atoms with Crippen LogP contribution in [0.3, 0.4) is 0 Å². The Hall–Kier alpha value is -2.23. The van der Waals surface area contributed by atoms with Gasteiger partial charge in [-0.05, 0) is 31.9 Å². The largest absolute Gasteiger partial charge is 0.481 e. The molecule has 0 radical (unpaired) electrons. The third-order valence-corrected chi connectivity index (χ3v) is 7.66. The van der Waals surface area contributed by atoms with Crippen molar-refractivity contribution in [2.45, 2.75) is 60.4 Å². The van der Waals surface area contributed by atoms with E-state index in [0.717, 1.165) is 25.1 Å². The summed E-state index contributed by atoms with van der Waals surface area (Å²) in [6.07, 6.45) is -7.40. The Morgan fingerprint density at radius 3 is 2.65 bits per heavy atom. The van der Waals surface area contributed by atoms with Crippen LogP contribution in [0.1, 0.15) is 26.2 Å². The molecule has 1 aliphatic carbocycles. The van der Waals surface area contributed by atoms with Crippen molar-refractivity contribution in [2.75, 3.05) is 6.54 Å². The lowest BCUT2D eigenvalue weighted by Gasteiger charge is -2.19. The number of alkyl halides is 3. The van der Waals surface area contributed by atoms with Crippen LogP contribution >= 0.6 is 11.6 Å². The normalized spacial score (nSPS) is 23.5. The summed E-state index contributed by atoms with van der Waals surface area (Å²) in [6, 6.07) is 5.17. The number of nitrogens with zero attached hydrogens (tertiary/aromatic N) is 1. The van der Waals surface area contributed by atoms with E-state index < -0.39 is 45.2 Å². The number of carbonyl (C=O) groups excluding carboxylic acids is 1. The molecule has 1 aromatic rings. The number of ether oxygens (including phenoxy) is 2. The molecular weight excluding hydrogens is 463 g/mol. The van der Waals surface area contributed by atoms with Crippen LogP contribution in [0.4, 0.5) is 18.0 Å². The Morgan fingerprint density at radius 2 is 2.10 bits per heavy atom. The highest BCUT2D eigenvalue weighted by molar-refractivity contribution is 7.92. The maximum Gasteiger partial charge on any atom is 0.425 e. The van der Waals surface area contributed by atoms with Gasteiger partial charge in [-0.15, -0.1) is 0 Å². The molecular formula is C18H19ClF3N3O5S. The van der Waals surface area contributed by atoms with Gasteiger partial charge in [-0.2, -0.15) is 18.4 Å². The van der Waals surface area contributed by atoms with Crippen molar-refractivity contribution in [3.8, 4) is 11.8 Å². The first-order chi connectivity index (χ1) is 14.4. The molecule has 0 aromatic heterocycles. The van der Waals surface area contributed by atoms with Gasteiger partial charge in [0.2, 0.25) is 0 Å². The molecule has 31 heavy (non-hydrogen) atoms. The lowest BCUT2D eigenvalue weighted by molar-refractivity contribution is -0.189. The summed E-state index contributed by atoms with van der Waals surface area (Å²) in [4.78, 5) is 11.6. The minimum Gasteiger partial charge on any atom is -0.481 e. The summed E-state index contributed by atoms with van der Waals surface area (Å²) in [5, 5.41) is 12.9. The predicted molar refractivity (Wildman–Crippen MR) is 102 cm³/mol. The first-order valence-electron chi connectivity index (χ1n) is 9.26. The number of alkyl carbamates (subject to hydrolysis) is 1. The number of rotatable bonds is 6. The summed E-state index contributed by atoms with van der Waals surface area (Å²) < 4.78 is 73.6. The van der Waals surface area contributed by atoms with Crippen LogP contribution in [0.25, 0.3) is 0 Å². The molecule has 1 unspecified atom stereocenters. The minimum atomic E-state index is -4.58. The molecule has 1 saturated carbocycles. The van der Waals surface area contributed by atoms with Gasteiger partial charge in [-0.25, -0.2) is 13.2 Å². The average Bonchev–Trinajstić information content (AvgIpc) is 3.27. The monoisotopic (exact) mass is 481 g/mol. The van der Waals surface area contributed by atoms with Gasteiger partial charge < -0.3 is 14.8 Å². The van der Waals surface area contributed by atoms with Crippen molar-refractivity contribution in [3.63, 3.8) is 0 Å². The Morgan fingerprint density at radius 1 is 1.42 bits per heavy atom. The van der Waals surface area contributed by atoms with E-state index in [0.29, 0.717) is 12.8 Å². The number of halogens is 4. The topological polar surface area (TPSA) is 118 Å². The number of hydrogen-bond acceptors (Lipinski definition) is 7. The predicted octanol–water partition coefficient (Wildman–Crippen LogP) is 2.91. The van der Waals surface area contributed by atoms with E-state index in [1.165, 1.54) is 0 Å². The van der Waals surface area contributed by atoms with E-state index in [4.69, 9.17) is 26.3 Å². The Kier molecular flexibility index (Phi) is 6.32. The molecule has 8 nitrogen and oxygen atoms in total. The lowest BCUT2D eigenvalue weighted by atomic mass is 10.3. The summed E-state index contributed by atoms with van der Waals surface area (Å²) in [6.45, 7) is 0.796. The molecule has 3 atom stereocenters. The highest BCUT2D eigenvalue weighted by Crippen LogP contribution is 2.35. The summed E-state index contributed by atoms with van der Waals surface area (Å²) in [5.74, 6) is -0.220. The number of sulfone groups is 1. The molecule has 2 aliphatic rings. The molecule has 1 heterocycles. The zero-order valence-electron chi connectivity index (χ0n) is 16.2. The average molecular weight is 482 g/mol. The first-order valence-corrected chi connectivity index (χ1v) is 11.2. The molecule has 0 bridgehead atoms. The fraction of sp³-hybridized carbons (Fsp3) is 0.556. The molecule has 1 amide bonds. The maximum atomic E-state index is 12.9. The first kappa shape index (κ1) is 23.4. The summed E-state index contributed by atoms with van der Waals surface area (Å²) in [5.41, 5.74) is -0.915. The molecule has 3 rings (SSSR count). The Balaban J connectivity index is 1.64. The van der Waals surface area contributed by atoms with Gasteiger partial charge in [0.25, 0.3) is 0 Å². The third kappa shape index (κ3) is 5.34. The van der Waals surface area contributed by atoms with Crippen molar-refractivity contribution < 1.29 is 35.9 Å². The molecule has 1 saturated heterocycles. The van der Waals surface area contributed by atoms with E-state index in [1.807, 2.05) is 6.07 Å². The minimum absolute atomic E-state index is 0.0244. The fourth-order valence-corrected chi connectivity index (χ4v) is 5.16. The quantitative estimate of drug-likeness (QED) is 0.641. The van der Waals surface area contributed by atoms with E-state index in [1.54, 1.807) is 0 Å². The zero-order valence-corrected chi connectivity index (χ0v) is 17.8.